The molecule has 0 spiro atoms. The van der Waals surface area contributed by atoms with E-state index in [-0.39, 0.29) is 6.10 Å². The van der Waals surface area contributed by atoms with Crippen LogP contribution in [0.5, 0.6) is 0 Å². The minimum absolute atomic E-state index is 0.0842. The summed E-state index contributed by atoms with van der Waals surface area (Å²) < 4.78 is 0. The number of hydrogen-bond acceptors (Lipinski definition) is 1. The molecule has 0 heterocycles. The van der Waals surface area contributed by atoms with Crippen molar-refractivity contribution in [3.05, 3.63) is 23.8 Å². The van der Waals surface area contributed by atoms with E-state index < -0.39 is 0 Å². The monoisotopic (exact) mass is 384 g/mol. The van der Waals surface area contributed by atoms with E-state index in [0.717, 1.165) is 48.3 Å². The molecule has 1 nitrogen and oxygen atoms in total. The molecule has 0 aliphatic heterocycles. The van der Waals surface area contributed by atoms with Crippen LogP contribution in [-0.2, 0) is 0 Å². The molecule has 4 aliphatic carbocycles. The van der Waals surface area contributed by atoms with Crippen molar-refractivity contribution in [1.29, 1.82) is 0 Å². The lowest BCUT2D eigenvalue weighted by atomic mass is 9.47. The minimum Gasteiger partial charge on any atom is -0.393 e. The molecule has 0 saturated heterocycles. The maximum Gasteiger partial charge on any atom is 0.0577 e. The molecule has 0 aromatic heterocycles. The van der Waals surface area contributed by atoms with Crippen LogP contribution >= 0.6 is 0 Å². The Morgan fingerprint density at radius 2 is 1.86 bits per heavy atom. The lowest BCUT2D eigenvalue weighted by molar-refractivity contribution is -0.0540. The maximum absolute atomic E-state index is 10.2. The summed E-state index contributed by atoms with van der Waals surface area (Å²) in [6.45, 7) is 12.3. The molecule has 0 aromatic carbocycles. The van der Waals surface area contributed by atoms with Crippen molar-refractivity contribution in [1.82, 2.24) is 0 Å². The van der Waals surface area contributed by atoms with Crippen LogP contribution in [0.25, 0.3) is 0 Å². The smallest absolute Gasteiger partial charge is 0.0577 e. The van der Waals surface area contributed by atoms with Crippen LogP contribution in [0.4, 0.5) is 0 Å². The van der Waals surface area contributed by atoms with E-state index >= 15 is 0 Å². The fraction of sp³-hybridized carbons (Fsp3) is 0.852. The standard InChI is InChI=1S/C27H44O/c1-18(2)7-6-8-19(3)23-11-12-24-22-10-9-20-17-21(28)13-15-26(20,4)25(22)14-16-27(23,24)5/h6,8-9,18-19,21-25,28H,7,10-17H2,1-5H3/b8-6-/t19-,21-,22-,23+,24-,25-,26-,27+/m0/s1. The molecule has 8 atom stereocenters. The van der Waals surface area contributed by atoms with Crippen LogP contribution in [0.1, 0.15) is 92.4 Å². The Hall–Kier alpha value is -0.560. The van der Waals surface area contributed by atoms with E-state index in [0.29, 0.717) is 10.8 Å². The van der Waals surface area contributed by atoms with Gasteiger partial charge in [-0.1, -0.05) is 58.4 Å². The van der Waals surface area contributed by atoms with Gasteiger partial charge in [0.25, 0.3) is 0 Å². The van der Waals surface area contributed by atoms with Crippen LogP contribution in [0.15, 0.2) is 23.8 Å². The van der Waals surface area contributed by atoms with Gasteiger partial charge in [-0.2, -0.15) is 0 Å². The lowest BCUT2D eigenvalue weighted by Crippen LogP contribution is -2.50. The molecular weight excluding hydrogens is 340 g/mol. The van der Waals surface area contributed by atoms with Crippen molar-refractivity contribution in [2.75, 3.05) is 0 Å². The highest BCUT2D eigenvalue weighted by Crippen LogP contribution is 2.67. The van der Waals surface area contributed by atoms with Gasteiger partial charge in [0.1, 0.15) is 0 Å². The summed E-state index contributed by atoms with van der Waals surface area (Å²) in [4.78, 5) is 0. The third-order valence-corrected chi connectivity index (χ3v) is 9.83. The van der Waals surface area contributed by atoms with Crippen molar-refractivity contribution < 1.29 is 5.11 Å². The molecule has 4 rings (SSSR count). The van der Waals surface area contributed by atoms with Crippen molar-refractivity contribution in [2.45, 2.75) is 98.5 Å². The fourth-order valence-corrected chi connectivity index (χ4v) is 8.25. The Morgan fingerprint density at radius 1 is 1.07 bits per heavy atom. The Morgan fingerprint density at radius 3 is 2.61 bits per heavy atom. The molecule has 0 aromatic rings. The van der Waals surface area contributed by atoms with Gasteiger partial charge in [0.05, 0.1) is 6.10 Å². The largest absolute Gasteiger partial charge is 0.393 e. The molecule has 28 heavy (non-hydrogen) atoms. The Kier molecular flexibility index (Phi) is 5.62. The topological polar surface area (TPSA) is 20.2 Å². The second kappa shape index (κ2) is 7.60. The first-order valence-electron chi connectivity index (χ1n) is 12.3. The van der Waals surface area contributed by atoms with Gasteiger partial charge < -0.3 is 5.11 Å². The predicted molar refractivity (Wildman–Crippen MR) is 119 cm³/mol. The summed E-state index contributed by atoms with van der Waals surface area (Å²) in [6.07, 6.45) is 18.9. The van der Waals surface area contributed by atoms with Crippen LogP contribution in [-0.4, -0.2) is 11.2 Å². The SMILES string of the molecule is CC(C)C/C=C\[C@H](C)[C@H]1CC[C@H]2[C@@H]3CC=C4C[C@@H](O)CC[C@]4(C)[C@H]3CC[C@]12C. The molecule has 1 heteroatoms. The van der Waals surface area contributed by atoms with Crippen molar-refractivity contribution >= 4 is 0 Å². The molecule has 3 fully saturated rings. The number of aliphatic hydroxyl groups excluding tert-OH is 1. The Labute approximate surface area is 174 Å². The summed E-state index contributed by atoms with van der Waals surface area (Å²) in [5, 5.41) is 10.2. The highest BCUT2D eigenvalue weighted by Gasteiger charge is 2.58. The fourth-order valence-electron chi connectivity index (χ4n) is 8.25. The highest BCUT2D eigenvalue weighted by molar-refractivity contribution is 5.25. The summed E-state index contributed by atoms with van der Waals surface area (Å²) >= 11 is 0. The maximum atomic E-state index is 10.2. The average molecular weight is 385 g/mol. The van der Waals surface area contributed by atoms with Crippen LogP contribution in [0.3, 0.4) is 0 Å². The Bertz CT molecular complexity index is 630. The van der Waals surface area contributed by atoms with Gasteiger partial charge in [0.15, 0.2) is 0 Å². The molecule has 0 amide bonds. The van der Waals surface area contributed by atoms with Gasteiger partial charge in [-0.15, -0.1) is 0 Å². The van der Waals surface area contributed by atoms with Gasteiger partial charge in [-0.25, -0.2) is 0 Å². The number of aliphatic hydroxyl groups is 1. The molecule has 0 unspecified atom stereocenters. The summed E-state index contributed by atoms with van der Waals surface area (Å²) in [5.74, 6) is 5.03. The molecule has 158 valence electrons. The number of allylic oxidation sites excluding steroid dienone is 3. The molecular formula is C27H44O. The van der Waals surface area contributed by atoms with Gasteiger partial charge in [-0.3, -0.25) is 0 Å². The van der Waals surface area contributed by atoms with E-state index in [1.807, 2.05) is 0 Å². The van der Waals surface area contributed by atoms with Crippen LogP contribution < -0.4 is 0 Å². The lowest BCUT2D eigenvalue weighted by Gasteiger charge is -2.58. The molecule has 3 saturated carbocycles. The first kappa shape index (κ1) is 20.7. The van der Waals surface area contributed by atoms with E-state index in [2.05, 4.69) is 52.8 Å². The zero-order valence-electron chi connectivity index (χ0n) is 19.1. The van der Waals surface area contributed by atoms with Crippen molar-refractivity contribution in [3.63, 3.8) is 0 Å². The molecule has 0 bridgehead atoms. The van der Waals surface area contributed by atoms with E-state index in [9.17, 15) is 5.11 Å². The summed E-state index contributed by atoms with van der Waals surface area (Å²) in [7, 11) is 0. The second-order valence-corrected chi connectivity index (χ2v) is 11.8. The van der Waals surface area contributed by atoms with Gasteiger partial charge in [-0.05, 0) is 104 Å². The first-order valence-corrected chi connectivity index (χ1v) is 12.3. The average Bonchev–Trinajstić information content (AvgIpc) is 2.99. The van der Waals surface area contributed by atoms with Gasteiger partial charge >= 0.3 is 0 Å². The molecule has 1 N–H and O–H groups in total. The normalized spacial score (nSPS) is 46.8. The number of hydrogen-bond donors (Lipinski definition) is 1. The first-order chi connectivity index (χ1) is 13.3. The predicted octanol–water partition coefficient (Wildman–Crippen LogP) is 7.16. The van der Waals surface area contributed by atoms with Crippen LogP contribution in [0, 0.1) is 46.3 Å². The van der Waals surface area contributed by atoms with Crippen molar-refractivity contribution in [2.24, 2.45) is 46.3 Å². The highest BCUT2D eigenvalue weighted by atomic mass is 16.3. The molecule has 0 radical (unpaired) electrons. The van der Waals surface area contributed by atoms with Gasteiger partial charge in [0, 0.05) is 0 Å². The van der Waals surface area contributed by atoms with Gasteiger partial charge in [0.2, 0.25) is 0 Å². The van der Waals surface area contributed by atoms with E-state index in [1.165, 1.54) is 44.9 Å². The number of rotatable bonds is 4. The third kappa shape index (κ3) is 3.34. The van der Waals surface area contributed by atoms with Crippen molar-refractivity contribution in [3.8, 4) is 0 Å². The molecule has 4 aliphatic rings. The quantitative estimate of drug-likeness (QED) is 0.510. The minimum atomic E-state index is -0.0842. The van der Waals surface area contributed by atoms with E-state index in [1.54, 1.807) is 5.57 Å². The Balaban J connectivity index is 1.53. The second-order valence-electron chi connectivity index (χ2n) is 11.8. The van der Waals surface area contributed by atoms with E-state index in [4.69, 9.17) is 0 Å². The summed E-state index contributed by atoms with van der Waals surface area (Å²) in [5.41, 5.74) is 2.53. The van der Waals surface area contributed by atoms with Crippen LogP contribution in [0.2, 0.25) is 0 Å². The zero-order chi connectivity index (χ0) is 20.1. The summed E-state index contributed by atoms with van der Waals surface area (Å²) in [6, 6.07) is 0. The third-order valence-electron chi connectivity index (χ3n) is 9.83. The zero-order valence-corrected chi connectivity index (χ0v) is 19.1. The number of fused-ring (bicyclic) bond motifs is 5.